The minimum absolute atomic E-state index is 0.189. The van der Waals surface area contributed by atoms with Crippen LogP contribution in [0.2, 0.25) is 0 Å². The Labute approximate surface area is 72.5 Å². The van der Waals surface area contributed by atoms with Crippen molar-refractivity contribution in [2.45, 2.75) is 25.0 Å². The number of thiocarbonyl (C=S) groups is 1. The lowest BCUT2D eigenvalue weighted by Crippen LogP contribution is -2.57. The third-order valence-electron chi connectivity index (χ3n) is 2.46. The van der Waals surface area contributed by atoms with Gasteiger partial charge < -0.3 is 15.4 Å². The van der Waals surface area contributed by atoms with Crippen molar-refractivity contribution in [3.8, 4) is 0 Å². The lowest BCUT2D eigenvalue weighted by atomic mass is 9.87. The van der Waals surface area contributed by atoms with Gasteiger partial charge in [0, 0.05) is 14.2 Å². The van der Waals surface area contributed by atoms with E-state index in [0.717, 1.165) is 12.8 Å². The molecule has 4 heteroatoms. The van der Waals surface area contributed by atoms with E-state index in [1.807, 2.05) is 11.9 Å². The Morgan fingerprint density at radius 3 is 2.27 bits per heavy atom. The largest absolute Gasteiger partial charge is 0.376 e. The summed E-state index contributed by atoms with van der Waals surface area (Å²) in [5, 5.41) is 0.409. The maximum absolute atomic E-state index is 5.48. The molecule has 0 heterocycles. The van der Waals surface area contributed by atoms with Crippen LogP contribution in [0.1, 0.15) is 19.3 Å². The molecule has 0 aliphatic heterocycles. The summed E-state index contributed by atoms with van der Waals surface area (Å²) < 4.78 is 5.36. The molecule has 0 bridgehead atoms. The van der Waals surface area contributed by atoms with E-state index in [1.54, 1.807) is 7.11 Å². The number of nitrogens with two attached hydrogens (primary N) is 1. The Bertz CT molecular complexity index is 162. The summed E-state index contributed by atoms with van der Waals surface area (Å²) in [5.74, 6) is 0. The van der Waals surface area contributed by atoms with Crippen molar-refractivity contribution >= 4 is 17.3 Å². The fourth-order valence-corrected chi connectivity index (χ4v) is 1.52. The lowest BCUT2D eigenvalue weighted by Gasteiger charge is -2.47. The van der Waals surface area contributed by atoms with Crippen molar-refractivity contribution in [2.75, 3.05) is 14.2 Å². The predicted octanol–water partition coefficient (Wildman–Crippen LogP) is 0.688. The molecule has 0 aromatic rings. The van der Waals surface area contributed by atoms with Crippen LogP contribution in [0.4, 0.5) is 0 Å². The number of nitrogens with zero attached hydrogens (tertiary/aromatic N) is 1. The molecule has 0 saturated heterocycles. The highest BCUT2D eigenvalue weighted by Gasteiger charge is 2.41. The highest BCUT2D eigenvalue weighted by atomic mass is 32.1. The summed E-state index contributed by atoms with van der Waals surface area (Å²) in [6, 6.07) is 0. The van der Waals surface area contributed by atoms with Crippen LogP contribution in [-0.2, 0) is 4.74 Å². The third-order valence-corrected chi connectivity index (χ3v) is 2.73. The molecule has 3 nitrogen and oxygen atoms in total. The number of ether oxygens (including phenoxy) is 1. The van der Waals surface area contributed by atoms with Crippen LogP contribution in [0.25, 0.3) is 0 Å². The first-order chi connectivity index (χ1) is 5.12. The van der Waals surface area contributed by atoms with Gasteiger partial charge in [-0.2, -0.15) is 0 Å². The first-order valence-electron chi connectivity index (χ1n) is 3.71. The molecule has 0 radical (unpaired) electrons. The fraction of sp³-hybridized carbons (Fsp3) is 0.857. The highest BCUT2D eigenvalue weighted by molar-refractivity contribution is 7.80. The van der Waals surface area contributed by atoms with Gasteiger partial charge in [-0.3, -0.25) is 0 Å². The van der Waals surface area contributed by atoms with Crippen molar-refractivity contribution in [3.05, 3.63) is 0 Å². The van der Waals surface area contributed by atoms with E-state index in [4.69, 9.17) is 22.7 Å². The molecular formula is C7H14N2OS. The van der Waals surface area contributed by atoms with Crippen molar-refractivity contribution in [1.82, 2.24) is 4.90 Å². The average Bonchev–Trinajstić information content (AvgIpc) is 1.86. The average molecular weight is 174 g/mol. The van der Waals surface area contributed by atoms with Crippen LogP contribution >= 0.6 is 12.2 Å². The molecule has 1 aliphatic rings. The second-order valence-electron chi connectivity index (χ2n) is 2.90. The van der Waals surface area contributed by atoms with Gasteiger partial charge in [-0.15, -0.1) is 0 Å². The lowest BCUT2D eigenvalue weighted by molar-refractivity contribution is -0.147. The monoisotopic (exact) mass is 174 g/mol. The molecule has 0 aromatic heterocycles. The summed E-state index contributed by atoms with van der Waals surface area (Å²) in [6.45, 7) is 0. The quantitative estimate of drug-likeness (QED) is 0.494. The normalized spacial score (nSPS) is 20.5. The summed E-state index contributed by atoms with van der Waals surface area (Å²) in [6.07, 6.45) is 3.25. The molecule has 1 saturated carbocycles. The molecule has 1 rings (SSSR count). The Kier molecular flexibility index (Phi) is 2.34. The minimum Gasteiger partial charge on any atom is -0.376 e. The Hall–Kier alpha value is -0.350. The van der Waals surface area contributed by atoms with Crippen molar-refractivity contribution in [3.63, 3.8) is 0 Å². The van der Waals surface area contributed by atoms with E-state index in [-0.39, 0.29) is 5.72 Å². The minimum atomic E-state index is -0.189. The summed E-state index contributed by atoms with van der Waals surface area (Å²) in [5.41, 5.74) is 5.30. The molecule has 0 unspecified atom stereocenters. The van der Waals surface area contributed by atoms with Gasteiger partial charge >= 0.3 is 0 Å². The Morgan fingerprint density at radius 1 is 1.64 bits per heavy atom. The van der Waals surface area contributed by atoms with Crippen LogP contribution in [-0.4, -0.2) is 29.9 Å². The van der Waals surface area contributed by atoms with E-state index < -0.39 is 0 Å². The molecule has 2 N–H and O–H groups in total. The number of hydrogen-bond donors (Lipinski definition) is 1. The number of hydrogen-bond acceptors (Lipinski definition) is 2. The van der Waals surface area contributed by atoms with E-state index in [1.165, 1.54) is 6.42 Å². The van der Waals surface area contributed by atoms with Crippen molar-refractivity contribution < 1.29 is 4.74 Å². The molecule has 1 aliphatic carbocycles. The van der Waals surface area contributed by atoms with Crippen molar-refractivity contribution in [1.29, 1.82) is 0 Å². The summed E-state index contributed by atoms with van der Waals surface area (Å²) in [4.78, 5) is 1.84. The zero-order chi connectivity index (χ0) is 8.48. The van der Waals surface area contributed by atoms with Gasteiger partial charge in [-0.05, 0) is 31.5 Å². The SMILES string of the molecule is COC1(N(C)C(N)=S)CCC1. The van der Waals surface area contributed by atoms with Gasteiger partial charge in [-0.25, -0.2) is 0 Å². The molecule has 0 amide bonds. The smallest absolute Gasteiger partial charge is 0.168 e. The van der Waals surface area contributed by atoms with E-state index in [9.17, 15) is 0 Å². The predicted molar refractivity (Wildman–Crippen MR) is 48.1 cm³/mol. The van der Waals surface area contributed by atoms with Gasteiger partial charge in [0.1, 0.15) is 5.72 Å². The van der Waals surface area contributed by atoms with Crippen LogP contribution in [0.5, 0.6) is 0 Å². The first-order valence-corrected chi connectivity index (χ1v) is 4.11. The molecule has 0 atom stereocenters. The summed E-state index contributed by atoms with van der Waals surface area (Å²) >= 11 is 4.86. The molecule has 0 aromatic carbocycles. The zero-order valence-electron chi connectivity index (χ0n) is 6.96. The zero-order valence-corrected chi connectivity index (χ0v) is 7.78. The van der Waals surface area contributed by atoms with Gasteiger partial charge in [0.15, 0.2) is 5.11 Å². The third kappa shape index (κ3) is 1.32. The number of methoxy groups -OCH3 is 1. The fourth-order valence-electron chi connectivity index (χ4n) is 1.36. The first kappa shape index (κ1) is 8.74. The molecule has 64 valence electrons. The maximum Gasteiger partial charge on any atom is 0.168 e. The standard InChI is InChI=1S/C7H14N2OS/c1-9(6(8)11)7(10-2)4-3-5-7/h3-5H2,1-2H3,(H2,8,11). The second-order valence-corrected chi connectivity index (χ2v) is 3.32. The van der Waals surface area contributed by atoms with E-state index in [0.29, 0.717) is 5.11 Å². The van der Waals surface area contributed by atoms with Crippen LogP contribution in [0, 0.1) is 0 Å². The van der Waals surface area contributed by atoms with E-state index >= 15 is 0 Å². The summed E-state index contributed by atoms with van der Waals surface area (Å²) in [7, 11) is 3.58. The molecule has 0 spiro atoms. The maximum atomic E-state index is 5.48. The van der Waals surface area contributed by atoms with Crippen LogP contribution in [0.15, 0.2) is 0 Å². The number of rotatable bonds is 2. The van der Waals surface area contributed by atoms with Crippen LogP contribution < -0.4 is 5.73 Å². The highest BCUT2D eigenvalue weighted by Crippen LogP contribution is 2.37. The van der Waals surface area contributed by atoms with Gasteiger partial charge in [-0.1, -0.05) is 0 Å². The molecule has 11 heavy (non-hydrogen) atoms. The molecule has 1 fully saturated rings. The Morgan fingerprint density at radius 2 is 2.18 bits per heavy atom. The topological polar surface area (TPSA) is 38.5 Å². The van der Waals surface area contributed by atoms with Gasteiger partial charge in [0.2, 0.25) is 0 Å². The molecular weight excluding hydrogens is 160 g/mol. The van der Waals surface area contributed by atoms with Crippen LogP contribution in [0.3, 0.4) is 0 Å². The van der Waals surface area contributed by atoms with E-state index in [2.05, 4.69) is 0 Å². The van der Waals surface area contributed by atoms with Gasteiger partial charge in [0.05, 0.1) is 0 Å². The van der Waals surface area contributed by atoms with Crippen molar-refractivity contribution in [2.24, 2.45) is 5.73 Å². The Balaban J connectivity index is 2.61. The van der Waals surface area contributed by atoms with Gasteiger partial charge in [0.25, 0.3) is 0 Å². The second kappa shape index (κ2) is 2.95.